The zero-order valence-electron chi connectivity index (χ0n) is 15.8. The molecule has 1 aliphatic carbocycles. The van der Waals surface area contributed by atoms with E-state index < -0.39 is 17.2 Å². The summed E-state index contributed by atoms with van der Waals surface area (Å²) in [5, 5.41) is 4.23. The van der Waals surface area contributed by atoms with Crippen LogP contribution in [0, 0.1) is 11.6 Å². The number of benzene rings is 1. The second-order valence-corrected chi connectivity index (χ2v) is 8.60. The molecule has 0 unspecified atom stereocenters. The van der Waals surface area contributed by atoms with E-state index in [0.717, 1.165) is 5.56 Å². The van der Waals surface area contributed by atoms with Crippen LogP contribution >= 0.6 is 0 Å². The Bertz CT molecular complexity index is 1070. The van der Waals surface area contributed by atoms with Gasteiger partial charge in [0.15, 0.2) is 0 Å². The van der Waals surface area contributed by atoms with Crippen LogP contribution in [0.1, 0.15) is 44.7 Å². The van der Waals surface area contributed by atoms with Crippen molar-refractivity contribution in [2.45, 2.75) is 44.6 Å². The van der Waals surface area contributed by atoms with Crippen LogP contribution in [0.25, 0.3) is 5.69 Å². The number of halogens is 2. The van der Waals surface area contributed by atoms with Crippen LogP contribution in [0.15, 0.2) is 34.5 Å². The van der Waals surface area contributed by atoms with Crippen LogP contribution < -0.4 is 0 Å². The first-order valence-corrected chi connectivity index (χ1v) is 9.22. The van der Waals surface area contributed by atoms with Gasteiger partial charge in [0.25, 0.3) is 5.91 Å². The molecule has 1 saturated carbocycles. The third-order valence-electron chi connectivity index (χ3n) is 5.65. The fraction of sp³-hybridized carbons (Fsp3) is 0.400. The number of carbonyl (C=O) groups is 1. The van der Waals surface area contributed by atoms with Gasteiger partial charge in [-0.3, -0.25) is 4.79 Å². The molecule has 0 saturated heterocycles. The van der Waals surface area contributed by atoms with Crippen LogP contribution in [0.4, 0.5) is 8.78 Å². The van der Waals surface area contributed by atoms with Gasteiger partial charge in [0.1, 0.15) is 17.2 Å². The predicted octanol–water partition coefficient (Wildman–Crippen LogP) is 2.98. The molecule has 0 N–H and O–H groups in total. The van der Waals surface area contributed by atoms with Crippen molar-refractivity contribution in [3.8, 4) is 5.69 Å². The molecule has 1 aromatic carbocycles. The number of guanidine groups is 1. The fourth-order valence-corrected chi connectivity index (χ4v) is 3.73. The Hall–Kier alpha value is -2.90. The molecule has 1 fully saturated rings. The Kier molecular flexibility index (Phi) is 3.28. The topological polar surface area (TPSA) is 62.9 Å². The van der Waals surface area contributed by atoms with E-state index in [1.165, 1.54) is 16.8 Å². The Morgan fingerprint density at radius 2 is 1.79 bits per heavy atom. The first-order valence-electron chi connectivity index (χ1n) is 9.22. The van der Waals surface area contributed by atoms with E-state index in [4.69, 9.17) is 0 Å². The highest BCUT2D eigenvalue weighted by molar-refractivity contribution is 6.19. The summed E-state index contributed by atoms with van der Waals surface area (Å²) in [6.45, 7) is 6.32. The molecule has 8 heteroatoms. The molecular weight excluding hydrogens is 364 g/mol. The van der Waals surface area contributed by atoms with Gasteiger partial charge in [-0.15, -0.1) is 0 Å². The number of nitrogens with zero attached hydrogens (tertiary/aromatic N) is 5. The minimum Gasteiger partial charge on any atom is -0.320 e. The lowest BCUT2D eigenvalue weighted by atomic mass is 9.90. The number of aromatic nitrogens is 2. The van der Waals surface area contributed by atoms with Gasteiger partial charge < -0.3 is 4.90 Å². The van der Waals surface area contributed by atoms with Crippen molar-refractivity contribution < 1.29 is 13.6 Å². The highest BCUT2D eigenvalue weighted by atomic mass is 19.1. The van der Waals surface area contributed by atoms with Gasteiger partial charge in [-0.1, -0.05) is 20.8 Å². The van der Waals surface area contributed by atoms with Crippen LogP contribution in [-0.2, 0) is 10.2 Å². The van der Waals surface area contributed by atoms with E-state index in [0.29, 0.717) is 18.5 Å². The maximum Gasteiger partial charge on any atom is 0.274 e. The number of hydrogen-bond acceptors (Lipinski definition) is 4. The minimum absolute atomic E-state index is 0.114. The van der Waals surface area contributed by atoms with Gasteiger partial charge in [0.05, 0.1) is 29.7 Å². The quantitative estimate of drug-likeness (QED) is 0.801. The molecule has 2 aromatic rings. The van der Waals surface area contributed by atoms with Gasteiger partial charge in [-0.25, -0.2) is 18.5 Å². The summed E-state index contributed by atoms with van der Waals surface area (Å²) in [6, 6.07) is 2.51. The second-order valence-electron chi connectivity index (χ2n) is 8.60. The second kappa shape index (κ2) is 5.33. The van der Waals surface area contributed by atoms with Crippen LogP contribution in [0.5, 0.6) is 0 Å². The molecule has 1 aromatic heterocycles. The van der Waals surface area contributed by atoms with E-state index in [1.54, 1.807) is 17.3 Å². The van der Waals surface area contributed by atoms with E-state index >= 15 is 0 Å². The standard InChI is InChI=1S/C20H19F2N5O/c1-19(2,3)11-8-23-27(9-11)12-6-13(21)16(14(22)7-12)15-10-26-18(24-15)25-17(28)20(26)4-5-20/h6-9H,4-5,10H2,1-3H3. The average molecular weight is 383 g/mol. The Balaban J connectivity index is 1.50. The summed E-state index contributed by atoms with van der Waals surface area (Å²) in [4.78, 5) is 21.9. The maximum atomic E-state index is 14.9. The summed E-state index contributed by atoms with van der Waals surface area (Å²) in [7, 11) is 0. The fourth-order valence-electron chi connectivity index (χ4n) is 3.73. The van der Waals surface area contributed by atoms with E-state index in [9.17, 15) is 13.6 Å². The zero-order valence-corrected chi connectivity index (χ0v) is 15.8. The van der Waals surface area contributed by atoms with Crippen LogP contribution in [-0.4, -0.2) is 44.3 Å². The average Bonchev–Trinajstić information content (AvgIpc) is 2.96. The molecule has 1 amide bonds. The van der Waals surface area contributed by atoms with Gasteiger partial charge in [0, 0.05) is 18.3 Å². The van der Waals surface area contributed by atoms with E-state index in [-0.39, 0.29) is 35.1 Å². The summed E-state index contributed by atoms with van der Waals surface area (Å²) in [5.74, 6) is -1.35. The van der Waals surface area contributed by atoms with E-state index in [1.807, 2.05) is 20.8 Å². The number of rotatable bonds is 2. The Labute approximate surface area is 160 Å². The summed E-state index contributed by atoms with van der Waals surface area (Å²) in [5.41, 5.74) is 0.625. The molecule has 0 atom stereocenters. The Morgan fingerprint density at radius 3 is 2.36 bits per heavy atom. The first kappa shape index (κ1) is 17.2. The van der Waals surface area contributed by atoms with Gasteiger partial charge >= 0.3 is 0 Å². The third-order valence-corrected chi connectivity index (χ3v) is 5.65. The first-order chi connectivity index (χ1) is 13.2. The Morgan fingerprint density at radius 1 is 1.11 bits per heavy atom. The van der Waals surface area contributed by atoms with Gasteiger partial charge in [-0.2, -0.15) is 10.1 Å². The lowest BCUT2D eigenvalue weighted by molar-refractivity contribution is -0.121. The maximum absolute atomic E-state index is 14.9. The van der Waals surface area contributed by atoms with Crippen molar-refractivity contribution in [3.05, 3.63) is 47.3 Å². The monoisotopic (exact) mass is 383 g/mol. The molecule has 28 heavy (non-hydrogen) atoms. The molecule has 5 rings (SSSR count). The molecule has 3 aliphatic rings. The molecule has 1 spiro atoms. The molecule has 0 radical (unpaired) electrons. The van der Waals surface area contributed by atoms with Gasteiger partial charge in [0.2, 0.25) is 5.96 Å². The SMILES string of the molecule is CC(C)(C)c1cnn(-c2cc(F)c(C3=NC4=NC(=O)C5(CC5)N4C3)c(F)c2)c1. The molecular formula is C20H19F2N5O. The van der Waals surface area contributed by atoms with Crippen LogP contribution in [0.3, 0.4) is 0 Å². The predicted molar refractivity (Wildman–Crippen MR) is 99.8 cm³/mol. The zero-order chi connectivity index (χ0) is 19.8. The van der Waals surface area contributed by atoms with E-state index in [2.05, 4.69) is 15.1 Å². The smallest absolute Gasteiger partial charge is 0.274 e. The summed E-state index contributed by atoms with van der Waals surface area (Å²) in [6.07, 6.45) is 4.89. The highest BCUT2D eigenvalue weighted by Crippen LogP contribution is 2.47. The van der Waals surface area contributed by atoms with Gasteiger partial charge in [-0.05, 0) is 23.8 Å². The van der Waals surface area contributed by atoms with Crippen molar-refractivity contribution in [3.63, 3.8) is 0 Å². The molecule has 2 aliphatic heterocycles. The van der Waals surface area contributed by atoms with Crippen molar-refractivity contribution >= 4 is 17.6 Å². The number of carbonyl (C=O) groups excluding carboxylic acids is 1. The van der Waals surface area contributed by atoms with Crippen molar-refractivity contribution in [2.75, 3.05) is 6.54 Å². The third kappa shape index (κ3) is 2.36. The molecule has 0 bridgehead atoms. The largest absolute Gasteiger partial charge is 0.320 e. The summed E-state index contributed by atoms with van der Waals surface area (Å²) < 4.78 is 31.2. The normalized spacial score (nSPS) is 19.9. The molecule has 144 valence electrons. The molecule has 6 nitrogen and oxygen atoms in total. The lowest BCUT2D eigenvalue weighted by Crippen LogP contribution is -2.39. The number of amides is 1. The van der Waals surface area contributed by atoms with Crippen LogP contribution in [0.2, 0.25) is 0 Å². The minimum atomic E-state index is -0.709. The number of hydrogen-bond donors (Lipinski definition) is 0. The molecule has 3 heterocycles. The number of fused-ring (bicyclic) bond motifs is 2. The number of aliphatic imine (C=N–C) groups is 2. The van der Waals surface area contributed by atoms with Crippen molar-refractivity contribution in [1.82, 2.24) is 14.7 Å². The lowest BCUT2D eigenvalue weighted by Gasteiger charge is -2.19. The van der Waals surface area contributed by atoms with Crippen molar-refractivity contribution in [1.29, 1.82) is 0 Å². The summed E-state index contributed by atoms with van der Waals surface area (Å²) >= 11 is 0. The van der Waals surface area contributed by atoms with Crippen molar-refractivity contribution in [2.24, 2.45) is 9.98 Å². The highest BCUT2D eigenvalue weighted by Gasteiger charge is 2.61.